The van der Waals surface area contributed by atoms with Gasteiger partial charge in [0.2, 0.25) is 0 Å². The molecule has 1 unspecified atom stereocenters. The molecule has 0 spiro atoms. The largest absolute Gasteiger partial charge is 0.497 e. The van der Waals surface area contributed by atoms with E-state index in [0.29, 0.717) is 17.3 Å². The molecule has 0 radical (unpaired) electrons. The second-order valence-electron chi connectivity index (χ2n) is 7.53. The lowest BCUT2D eigenvalue weighted by Crippen LogP contribution is -2.25. The molecule has 6 heteroatoms. The Hall–Kier alpha value is -4.19. The summed E-state index contributed by atoms with van der Waals surface area (Å²) in [6, 6.07) is 22.1. The topological polar surface area (TPSA) is 82.6 Å². The third kappa shape index (κ3) is 3.08. The van der Waals surface area contributed by atoms with Gasteiger partial charge in [-0.1, -0.05) is 36.4 Å². The van der Waals surface area contributed by atoms with Gasteiger partial charge in [0.05, 0.1) is 20.4 Å². The van der Waals surface area contributed by atoms with E-state index in [2.05, 4.69) is 22.1 Å². The van der Waals surface area contributed by atoms with E-state index in [9.17, 15) is 0 Å². The first-order chi connectivity index (χ1) is 15.7. The molecule has 32 heavy (non-hydrogen) atoms. The minimum atomic E-state index is -0.817. The zero-order valence-corrected chi connectivity index (χ0v) is 17.8. The predicted octanol–water partition coefficient (Wildman–Crippen LogP) is 4.17. The molecule has 4 aromatic rings. The summed E-state index contributed by atoms with van der Waals surface area (Å²) >= 11 is 0. The fraction of sp³-hybridized carbons (Fsp3) is 0.115. The van der Waals surface area contributed by atoms with Crippen LogP contribution in [0.5, 0.6) is 11.5 Å². The number of hydrogen-bond acceptors (Lipinski definition) is 6. The first kappa shape index (κ1) is 19.8. The number of ether oxygens (including phenoxy) is 2. The smallest absolute Gasteiger partial charge is 0.146 e. The summed E-state index contributed by atoms with van der Waals surface area (Å²) < 4.78 is 10.7. The highest BCUT2D eigenvalue weighted by Gasteiger charge is 2.43. The average molecular weight is 422 g/mol. The maximum Gasteiger partial charge on any atom is 0.146 e. The van der Waals surface area contributed by atoms with Crippen molar-refractivity contribution < 1.29 is 9.47 Å². The third-order valence-corrected chi connectivity index (χ3v) is 5.80. The van der Waals surface area contributed by atoms with Crippen LogP contribution in [0.2, 0.25) is 0 Å². The summed E-state index contributed by atoms with van der Waals surface area (Å²) in [7, 11) is 3.29. The van der Waals surface area contributed by atoms with Gasteiger partial charge in [-0.2, -0.15) is 0 Å². The number of fused-ring (bicyclic) bond motifs is 1. The molecular formula is C26H22N4O2. The molecule has 5 rings (SSSR count). The van der Waals surface area contributed by atoms with Crippen molar-refractivity contribution in [1.82, 2.24) is 9.97 Å². The molecule has 6 nitrogen and oxygen atoms in total. The molecule has 1 atom stereocenters. The van der Waals surface area contributed by atoms with Crippen molar-refractivity contribution in [2.75, 3.05) is 14.2 Å². The van der Waals surface area contributed by atoms with E-state index in [0.717, 1.165) is 33.6 Å². The van der Waals surface area contributed by atoms with E-state index in [1.807, 2.05) is 60.8 Å². The lowest BCUT2D eigenvalue weighted by Gasteiger charge is -2.29. The van der Waals surface area contributed by atoms with Crippen LogP contribution in [0.3, 0.4) is 0 Å². The summed E-state index contributed by atoms with van der Waals surface area (Å²) in [5, 5.41) is 0. The van der Waals surface area contributed by atoms with Crippen molar-refractivity contribution in [1.29, 1.82) is 0 Å². The minimum Gasteiger partial charge on any atom is -0.497 e. The van der Waals surface area contributed by atoms with Gasteiger partial charge >= 0.3 is 0 Å². The molecule has 0 fully saturated rings. The summed E-state index contributed by atoms with van der Waals surface area (Å²) in [6.07, 6.45) is 5.25. The van der Waals surface area contributed by atoms with Crippen LogP contribution in [-0.2, 0) is 5.54 Å². The van der Waals surface area contributed by atoms with Crippen molar-refractivity contribution in [3.8, 4) is 22.6 Å². The number of amidine groups is 1. The monoisotopic (exact) mass is 422 g/mol. The third-order valence-electron chi connectivity index (χ3n) is 5.80. The molecule has 2 aromatic carbocycles. The highest BCUT2D eigenvalue weighted by Crippen LogP contribution is 2.46. The zero-order chi connectivity index (χ0) is 22.1. The highest BCUT2D eigenvalue weighted by atomic mass is 16.5. The van der Waals surface area contributed by atoms with Gasteiger partial charge in [-0.15, -0.1) is 0 Å². The number of nitrogens with two attached hydrogens (primary N) is 1. The second-order valence-corrected chi connectivity index (χ2v) is 7.53. The minimum absolute atomic E-state index is 0.421. The average Bonchev–Trinajstić information content (AvgIpc) is 3.17. The molecule has 0 bridgehead atoms. The lowest BCUT2D eigenvalue weighted by molar-refractivity contribution is 0.413. The summed E-state index contributed by atoms with van der Waals surface area (Å²) in [5.41, 5.74) is 11.1. The van der Waals surface area contributed by atoms with E-state index in [4.69, 9.17) is 20.2 Å². The predicted molar refractivity (Wildman–Crippen MR) is 124 cm³/mol. The van der Waals surface area contributed by atoms with Crippen LogP contribution in [0, 0.1) is 0 Å². The zero-order valence-electron chi connectivity index (χ0n) is 17.8. The van der Waals surface area contributed by atoms with Crippen molar-refractivity contribution in [3.63, 3.8) is 0 Å². The van der Waals surface area contributed by atoms with Crippen molar-refractivity contribution in [2.45, 2.75) is 5.54 Å². The Bertz CT molecular complexity index is 1320. The normalized spacial score (nSPS) is 16.9. The first-order valence-electron chi connectivity index (χ1n) is 10.2. The van der Waals surface area contributed by atoms with E-state index in [1.165, 1.54) is 0 Å². The standard InChI is InChI=1S/C26H22N4O2/c1-31-21-10-8-19(9-11-21)26(23-7-4-12-29-24(23)25(27)30-26)20-6-3-5-17(13-20)18-14-22(32-2)16-28-15-18/h3-16H,1-2H3,(H2,27,30). The fourth-order valence-electron chi connectivity index (χ4n) is 4.25. The maximum absolute atomic E-state index is 6.38. The van der Waals surface area contributed by atoms with E-state index < -0.39 is 5.54 Å². The van der Waals surface area contributed by atoms with Crippen molar-refractivity contribution >= 4 is 5.84 Å². The van der Waals surface area contributed by atoms with E-state index in [-0.39, 0.29) is 0 Å². The summed E-state index contributed by atoms with van der Waals surface area (Å²) in [4.78, 5) is 13.8. The second kappa shape index (κ2) is 7.81. The van der Waals surface area contributed by atoms with Gasteiger partial charge in [0.1, 0.15) is 28.6 Å². The van der Waals surface area contributed by atoms with Gasteiger partial charge in [-0.25, -0.2) is 4.99 Å². The van der Waals surface area contributed by atoms with Crippen molar-refractivity contribution in [3.05, 3.63) is 108 Å². The molecule has 2 N–H and O–H groups in total. The number of benzene rings is 2. The summed E-state index contributed by atoms with van der Waals surface area (Å²) in [6.45, 7) is 0. The molecule has 2 aromatic heterocycles. The molecule has 1 aliphatic rings. The molecule has 0 saturated heterocycles. The molecule has 1 aliphatic heterocycles. The Balaban J connectivity index is 1.74. The molecular weight excluding hydrogens is 400 g/mol. The van der Waals surface area contributed by atoms with Gasteiger partial charge in [0, 0.05) is 23.5 Å². The van der Waals surface area contributed by atoms with Gasteiger partial charge in [0.25, 0.3) is 0 Å². The number of aliphatic imine (C=N–C) groups is 1. The Kier molecular flexibility index (Phi) is 4.82. The van der Waals surface area contributed by atoms with Crippen LogP contribution in [0.15, 0.2) is 90.3 Å². The van der Waals surface area contributed by atoms with Crippen LogP contribution in [0.25, 0.3) is 11.1 Å². The van der Waals surface area contributed by atoms with Crippen LogP contribution >= 0.6 is 0 Å². The van der Waals surface area contributed by atoms with Crippen LogP contribution < -0.4 is 15.2 Å². The fourth-order valence-corrected chi connectivity index (χ4v) is 4.25. The molecule has 0 aliphatic carbocycles. The Morgan fingerprint density at radius 2 is 1.59 bits per heavy atom. The summed E-state index contributed by atoms with van der Waals surface area (Å²) in [5.74, 6) is 1.90. The number of rotatable bonds is 5. The highest BCUT2D eigenvalue weighted by molar-refractivity contribution is 6.01. The van der Waals surface area contributed by atoms with Crippen molar-refractivity contribution in [2.24, 2.45) is 10.7 Å². The number of pyridine rings is 2. The van der Waals surface area contributed by atoms with E-state index >= 15 is 0 Å². The molecule has 0 amide bonds. The van der Waals surface area contributed by atoms with Crippen LogP contribution in [0.1, 0.15) is 22.4 Å². The Morgan fingerprint density at radius 3 is 2.38 bits per heavy atom. The Labute approximate surface area is 186 Å². The van der Waals surface area contributed by atoms with Gasteiger partial charge in [-0.05, 0) is 47.0 Å². The van der Waals surface area contributed by atoms with Crippen LogP contribution in [0.4, 0.5) is 0 Å². The quantitative estimate of drug-likeness (QED) is 0.522. The maximum atomic E-state index is 6.38. The molecule has 3 heterocycles. The lowest BCUT2D eigenvalue weighted by atomic mass is 9.77. The van der Waals surface area contributed by atoms with E-state index in [1.54, 1.807) is 26.6 Å². The number of hydrogen-bond donors (Lipinski definition) is 1. The SMILES string of the molecule is COc1ccc(C2(c3cccc(-c4cncc(OC)c4)c3)N=C(N)c3ncccc32)cc1. The Morgan fingerprint density at radius 1 is 0.781 bits per heavy atom. The number of nitrogens with zero attached hydrogens (tertiary/aromatic N) is 3. The van der Waals surface area contributed by atoms with Gasteiger partial charge in [0.15, 0.2) is 0 Å². The van der Waals surface area contributed by atoms with Gasteiger partial charge in [-0.3, -0.25) is 9.97 Å². The van der Waals surface area contributed by atoms with Gasteiger partial charge < -0.3 is 15.2 Å². The molecule has 0 saturated carbocycles. The molecule has 158 valence electrons. The first-order valence-corrected chi connectivity index (χ1v) is 10.2. The number of aromatic nitrogens is 2. The number of methoxy groups -OCH3 is 2. The van der Waals surface area contributed by atoms with Crippen LogP contribution in [-0.4, -0.2) is 30.0 Å².